The summed E-state index contributed by atoms with van der Waals surface area (Å²) in [7, 11) is 0. The zero-order chi connectivity index (χ0) is 21.5. The van der Waals surface area contributed by atoms with Crippen molar-refractivity contribution in [1.29, 1.82) is 0 Å². The lowest BCUT2D eigenvalue weighted by atomic mass is 9.99. The van der Waals surface area contributed by atoms with Gasteiger partial charge < -0.3 is 4.98 Å². The highest BCUT2D eigenvalue weighted by molar-refractivity contribution is 6.33. The molecule has 3 N–H and O–H groups in total. The Kier molecular flexibility index (Phi) is 4.52. The van der Waals surface area contributed by atoms with Gasteiger partial charge in [0.1, 0.15) is 0 Å². The molecular formula is C23H16ClN5O2. The Bertz CT molecular complexity index is 1530. The van der Waals surface area contributed by atoms with Crippen LogP contribution in [0.1, 0.15) is 5.69 Å². The second kappa shape index (κ2) is 7.37. The van der Waals surface area contributed by atoms with Crippen LogP contribution in [0.3, 0.4) is 0 Å². The Hall–Kier alpha value is -3.97. The number of aromatic nitrogens is 5. The first-order chi connectivity index (χ1) is 15.0. The Labute approximate surface area is 180 Å². The van der Waals surface area contributed by atoms with E-state index in [0.29, 0.717) is 27.4 Å². The van der Waals surface area contributed by atoms with E-state index >= 15 is 0 Å². The number of fused-ring (bicyclic) bond motifs is 1. The van der Waals surface area contributed by atoms with E-state index in [4.69, 9.17) is 11.6 Å². The molecule has 0 bridgehead atoms. The quantitative estimate of drug-likeness (QED) is 0.397. The molecule has 0 aliphatic rings. The molecule has 0 saturated carbocycles. The minimum atomic E-state index is -0.321. The van der Waals surface area contributed by atoms with Crippen LogP contribution in [-0.4, -0.2) is 25.1 Å². The molecule has 2 aromatic carbocycles. The third kappa shape index (κ3) is 3.55. The fourth-order valence-corrected chi connectivity index (χ4v) is 3.79. The Morgan fingerprint density at radius 2 is 1.42 bits per heavy atom. The fourth-order valence-electron chi connectivity index (χ4n) is 3.53. The number of imidazole rings is 1. The number of aryl methyl sites for hydroxylation is 1. The molecule has 152 valence electrons. The van der Waals surface area contributed by atoms with Gasteiger partial charge in [0.2, 0.25) is 0 Å². The van der Waals surface area contributed by atoms with Gasteiger partial charge in [0.05, 0.1) is 27.5 Å². The summed E-state index contributed by atoms with van der Waals surface area (Å²) in [6.07, 6.45) is 0. The minimum Gasteiger partial charge on any atom is -0.304 e. The maximum atomic E-state index is 12.1. The molecule has 0 amide bonds. The molecule has 0 radical (unpaired) electrons. The third-order valence-electron chi connectivity index (χ3n) is 5.08. The number of aromatic amines is 3. The van der Waals surface area contributed by atoms with Crippen LogP contribution in [-0.2, 0) is 0 Å². The van der Waals surface area contributed by atoms with Gasteiger partial charge in [0.15, 0.2) is 5.65 Å². The molecule has 0 unspecified atom stereocenters. The van der Waals surface area contributed by atoms with Crippen LogP contribution in [0.25, 0.3) is 44.7 Å². The monoisotopic (exact) mass is 429 g/mol. The van der Waals surface area contributed by atoms with Gasteiger partial charge in [-0.25, -0.2) is 14.9 Å². The van der Waals surface area contributed by atoms with Gasteiger partial charge in [-0.2, -0.15) is 5.10 Å². The van der Waals surface area contributed by atoms with Crippen LogP contribution in [0.4, 0.5) is 0 Å². The zero-order valence-corrected chi connectivity index (χ0v) is 17.1. The highest BCUT2D eigenvalue weighted by Crippen LogP contribution is 2.30. The van der Waals surface area contributed by atoms with Crippen LogP contribution in [0.5, 0.6) is 0 Å². The molecule has 0 atom stereocenters. The number of nitrogens with one attached hydrogen (secondary N) is 3. The van der Waals surface area contributed by atoms with E-state index in [1.807, 2.05) is 55.5 Å². The second-order valence-electron chi connectivity index (χ2n) is 7.20. The third-order valence-corrected chi connectivity index (χ3v) is 5.36. The Balaban J connectivity index is 1.46. The van der Waals surface area contributed by atoms with Crippen molar-refractivity contribution in [1.82, 2.24) is 25.1 Å². The van der Waals surface area contributed by atoms with Crippen molar-refractivity contribution in [2.75, 3.05) is 0 Å². The molecule has 3 heterocycles. The summed E-state index contributed by atoms with van der Waals surface area (Å²) < 4.78 is 0. The topological polar surface area (TPSA) is 107 Å². The summed E-state index contributed by atoms with van der Waals surface area (Å²) in [6, 6.07) is 19.1. The molecule has 8 heteroatoms. The highest BCUT2D eigenvalue weighted by Gasteiger charge is 2.11. The minimum absolute atomic E-state index is 0.215. The van der Waals surface area contributed by atoms with Gasteiger partial charge in [0, 0.05) is 5.56 Å². The normalized spacial score (nSPS) is 11.2. The van der Waals surface area contributed by atoms with Crippen molar-refractivity contribution in [3.05, 3.63) is 92.2 Å². The average molecular weight is 430 g/mol. The lowest BCUT2D eigenvalue weighted by molar-refractivity contribution is 0.949. The fraction of sp³-hybridized carbons (Fsp3) is 0.0435. The van der Waals surface area contributed by atoms with Crippen molar-refractivity contribution in [2.24, 2.45) is 0 Å². The Morgan fingerprint density at radius 1 is 0.806 bits per heavy atom. The SMILES string of the molecule is Cc1cc(-c2ccc(-c3ccc(-c4nc5[nH]c(=O)[nH]c5cc4Cl)cc3)cc2)c(=O)[nH]n1. The van der Waals surface area contributed by atoms with Crippen LogP contribution in [0.2, 0.25) is 5.02 Å². The Morgan fingerprint density at radius 3 is 2.10 bits per heavy atom. The average Bonchev–Trinajstić information content (AvgIpc) is 3.14. The molecule has 0 aliphatic heterocycles. The summed E-state index contributed by atoms with van der Waals surface area (Å²) in [6.45, 7) is 1.84. The lowest BCUT2D eigenvalue weighted by Gasteiger charge is -2.07. The number of hydrogen-bond donors (Lipinski definition) is 3. The maximum Gasteiger partial charge on any atom is 0.325 e. The van der Waals surface area contributed by atoms with Gasteiger partial charge in [-0.3, -0.25) is 9.78 Å². The smallest absolute Gasteiger partial charge is 0.304 e. The lowest BCUT2D eigenvalue weighted by Crippen LogP contribution is -2.11. The first-order valence-electron chi connectivity index (χ1n) is 9.54. The number of halogens is 1. The molecule has 0 fully saturated rings. The van der Waals surface area contributed by atoms with Crippen LogP contribution in [0.15, 0.2) is 70.3 Å². The van der Waals surface area contributed by atoms with Gasteiger partial charge in [0.25, 0.3) is 5.56 Å². The summed E-state index contributed by atoms with van der Waals surface area (Å²) in [5, 5.41) is 6.88. The predicted octanol–water partition coefficient (Wildman–Crippen LogP) is 4.30. The van der Waals surface area contributed by atoms with E-state index in [1.165, 1.54) is 0 Å². The van der Waals surface area contributed by atoms with Crippen molar-refractivity contribution >= 4 is 22.8 Å². The van der Waals surface area contributed by atoms with Crippen LogP contribution in [0, 0.1) is 6.92 Å². The zero-order valence-electron chi connectivity index (χ0n) is 16.4. The van der Waals surface area contributed by atoms with Gasteiger partial charge in [-0.15, -0.1) is 0 Å². The highest BCUT2D eigenvalue weighted by atomic mass is 35.5. The van der Waals surface area contributed by atoms with Gasteiger partial charge >= 0.3 is 5.69 Å². The maximum absolute atomic E-state index is 12.1. The number of pyridine rings is 1. The molecular weight excluding hydrogens is 414 g/mol. The van der Waals surface area contributed by atoms with Crippen molar-refractivity contribution in [3.8, 4) is 33.5 Å². The number of H-pyrrole nitrogens is 3. The first-order valence-corrected chi connectivity index (χ1v) is 9.92. The van der Waals surface area contributed by atoms with E-state index in [1.54, 1.807) is 12.1 Å². The molecule has 5 aromatic rings. The van der Waals surface area contributed by atoms with Crippen LogP contribution < -0.4 is 11.2 Å². The first kappa shape index (κ1) is 19.0. The molecule has 31 heavy (non-hydrogen) atoms. The molecule has 0 aliphatic carbocycles. The number of hydrogen-bond acceptors (Lipinski definition) is 4. The molecule has 3 aromatic heterocycles. The molecule has 5 rings (SSSR count). The second-order valence-corrected chi connectivity index (χ2v) is 7.61. The van der Waals surface area contributed by atoms with E-state index in [0.717, 1.165) is 27.9 Å². The number of rotatable bonds is 3. The summed E-state index contributed by atoms with van der Waals surface area (Å²) in [5.41, 5.74) is 6.14. The molecule has 0 spiro atoms. The summed E-state index contributed by atoms with van der Waals surface area (Å²) >= 11 is 6.37. The largest absolute Gasteiger partial charge is 0.325 e. The number of nitrogens with zero attached hydrogens (tertiary/aromatic N) is 2. The summed E-state index contributed by atoms with van der Waals surface area (Å²) in [5.74, 6) is 0. The van der Waals surface area contributed by atoms with Crippen molar-refractivity contribution in [2.45, 2.75) is 6.92 Å². The van der Waals surface area contributed by atoms with E-state index in [2.05, 4.69) is 25.1 Å². The van der Waals surface area contributed by atoms with Crippen molar-refractivity contribution in [3.63, 3.8) is 0 Å². The molecule has 0 saturated heterocycles. The van der Waals surface area contributed by atoms with Gasteiger partial charge in [-0.05, 0) is 35.7 Å². The van der Waals surface area contributed by atoms with Gasteiger partial charge in [-0.1, -0.05) is 60.1 Å². The number of benzene rings is 2. The van der Waals surface area contributed by atoms with E-state index in [-0.39, 0.29) is 11.2 Å². The van der Waals surface area contributed by atoms with Crippen molar-refractivity contribution < 1.29 is 0 Å². The standard InChI is InChI=1S/C23H16ClN5O2/c1-12-10-17(22(30)29-28-12)15-6-2-13(3-7-15)14-4-8-16(9-5-14)20-18(24)11-19-21(26-20)27-23(31)25-19/h2-11H,1H3,(H,29,30)(H2,25,26,27,31). The van der Waals surface area contributed by atoms with E-state index < -0.39 is 0 Å². The van der Waals surface area contributed by atoms with E-state index in [9.17, 15) is 9.59 Å². The molecule has 7 nitrogen and oxygen atoms in total. The summed E-state index contributed by atoms with van der Waals surface area (Å²) in [4.78, 5) is 33.3. The van der Waals surface area contributed by atoms with Crippen LogP contribution >= 0.6 is 11.6 Å². The predicted molar refractivity (Wildman–Crippen MR) is 121 cm³/mol.